The van der Waals surface area contributed by atoms with Crippen LogP contribution < -0.4 is 4.90 Å². The summed E-state index contributed by atoms with van der Waals surface area (Å²) in [7, 11) is -3.43. The van der Waals surface area contributed by atoms with E-state index in [1.807, 2.05) is 24.3 Å². The number of carbonyl (C=O) groups excluding carboxylic acids is 1. The number of fused-ring (bicyclic) bond motifs is 1. The Kier molecular flexibility index (Phi) is 6.72. The summed E-state index contributed by atoms with van der Waals surface area (Å²) in [6, 6.07) is 17.9. The van der Waals surface area contributed by atoms with Crippen molar-refractivity contribution in [2.45, 2.75) is 37.6 Å². The third kappa shape index (κ3) is 4.92. The average Bonchev–Trinajstić information content (AvgIpc) is 3.47. The smallest absolute Gasteiger partial charge is 0.229 e. The van der Waals surface area contributed by atoms with Gasteiger partial charge in [-0.2, -0.15) is 0 Å². The standard InChI is InChI=1S/C24H24N2O4S2/c1-2-18-9-6-13-21-23(18)25-24(31-21)26(17-19-10-7-15-30-19)22(27)14-8-16-32(28,29)20-11-4-3-5-12-20/h3-7,9-13,15H,2,8,14,16-17H2,1H3. The minimum absolute atomic E-state index is 0.0861. The number of carbonyl (C=O) groups is 1. The van der Waals surface area contributed by atoms with Crippen molar-refractivity contribution in [3.05, 3.63) is 78.3 Å². The molecule has 0 N–H and O–H groups in total. The number of aromatic nitrogens is 1. The fraction of sp³-hybridized carbons (Fsp3) is 0.250. The molecule has 0 spiro atoms. The molecule has 8 heteroatoms. The second-order valence-electron chi connectivity index (χ2n) is 7.41. The summed E-state index contributed by atoms with van der Waals surface area (Å²) < 4.78 is 31.6. The van der Waals surface area contributed by atoms with Crippen molar-refractivity contribution in [2.75, 3.05) is 10.7 Å². The van der Waals surface area contributed by atoms with Crippen LogP contribution in [0.3, 0.4) is 0 Å². The second-order valence-corrected chi connectivity index (χ2v) is 10.5. The van der Waals surface area contributed by atoms with E-state index in [1.54, 1.807) is 47.6 Å². The number of aryl methyl sites for hydroxylation is 1. The van der Waals surface area contributed by atoms with Crippen molar-refractivity contribution < 1.29 is 17.6 Å². The minimum atomic E-state index is -3.43. The monoisotopic (exact) mass is 468 g/mol. The van der Waals surface area contributed by atoms with Gasteiger partial charge in [0.1, 0.15) is 5.76 Å². The molecule has 166 valence electrons. The number of nitrogens with zero attached hydrogens (tertiary/aromatic N) is 2. The Morgan fingerprint density at radius 1 is 1.06 bits per heavy atom. The van der Waals surface area contributed by atoms with Crippen LogP contribution in [0.1, 0.15) is 31.1 Å². The van der Waals surface area contributed by atoms with Crippen LogP contribution in [-0.2, 0) is 27.6 Å². The van der Waals surface area contributed by atoms with Gasteiger partial charge >= 0.3 is 0 Å². The number of hydrogen-bond donors (Lipinski definition) is 0. The second kappa shape index (κ2) is 9.67. The largest absolute Gasteiger partial charge is 0.467 e. The third-order valence-electron chi connectivity index (χ3n) is 5.20. The number of furan rings is 1. The van der Waals surface area contributed by atoms with Gasteiger partial charge in [0.2, 0.25) is 5.91 Å². The van der Waals surface area contributed by atoms with Gasteiger partial charge in [-0.15, -0.1) is 0 Å². The van der Waals surface area contributed by atoms with E-state index in [0.717, 1.165) is 22.2 Å². The molecule has 6 nitrogen and oxygen atoms in total. The molecule has 0 aliphatic heterocycles. The molecule has 0 saturated carbocycles. The summed E-state index contributed by atoms with van der Waals surface area (Å²) in [5.41, 5.74) is 2.03. The van der Waals surface area contributed by atoms with Crippen LogP contribution in [0.5, 0.6) is 0 Å². The Labute approximate surface area is 191 Å². The number of anilines is 1. The van der Waals surface area contributed by atoms with Gasteiger partial charge < -0.3 is 4.42 Å². The van der Waals surface area contributed by atoms with Crippen molar-refractivity contribution >= 4 is 42.4 Å². The van der Waals surface area contributed by atoms with Gasteiger partial charge in [-0.3, -0.25) is 9.69 Å². The first-order valence-electron chi connectivity index (χ1n) is 10.5. The van der Waals surface area contributed by atoms with E-state index in [4.69, 9.17) is 9.40 Å². The van der Waals surface area contributed by atoms with Crippen LogP contribution >= 0.6 is 11.3 Å². The molecule has 0 atom stereocenters. The zero-order valence-corrected chi connectivity index (χ0v) is 19.4. The Bertz CT molecular complexity index is 1300. The van der Waals surface area contributed by atoms with Crippen molar-refractivity contribution in [1.82, 2.24) is 4.98 Å². The van der Waals surface area contributed by atoms with Gasteiger partial charge in [-0.25, -0.2) is 13.4 Å². The average molecular weight is 469 g/mol. The zero-order valence-electron chi connectivity index (χ0n) is 17.7. The molecule has 32 heavy (non-hydrogen) atoms. The first-order chi connectivity index (χ1) is 15.5. The molecular formula is C24H24N2O4S2. The molecule has 0 bridgehead atoms. The molecule has 1 amide bonds. The highest BCUT2D eigenvalue weighted by atomic mass is 32.2. The van der Waals surface area contributed by atoms with Crippen LogP contribution in [-0.4, -0.2) is 25.1 Å². The first kappa shape index (κ1) is 22.2. The summed E-state index contributed by atoms with van der Waals surface area (Å²) in [6.45, 7) is 2.32. The quantitative estimate of drug-likeness (QED) is 0.336. The van der Waals surface area contributed by atoms with Crippen LogP contribution in [0.25, 0.3) is 10.2 Å². The van der Waals surface area contributed by atoms with E-state index < -0.39 is 9.84 Å². The molecule has 0 aliphatic rings. The number of benzene rings is 2. The van der Waals surface area contributed by atoms with E-state index in [9.17, 15) is 13.2 Å². The number of sulfone groups is 1. The minimum Gasteiger partial charge on any atom is -0.467 e. The molecule has 0 unspecified atom stereocenters. The number of rotatable bonds is 9. The predicted molar refractivity (Wildman–Crippen MR) is 127 cm³/mol. The summed E-state index contributed by atoms with van der Waals surface area (Å²) in [4.78, 5) is 19.8. The lowest BCUT2D eigenvalue weighted by molar-refractivity contribution is -0.118. The zero-order chi connectivity index (χ0) is 22.6. The van der Waals surface area contributed by atoms with Crippen molar-refractivity contribution in [3.63, 3.8) is 0 Å². The van der Waals surface area contributed by atoms with E-state index >= 15 is 0 Å². The summed E-state index contributed by atoms with van der Waals surface area (Å²) in [6.07, 6.45) is 2.75. The number of thiazole rings is 1. The van der Waals surface area contributed by atoms with Crippen molar-refractivity contribution in [1.29, 1.82) is 0 Å². The van der Waals surface area contributed by atoms with Crippen LogP contribution in [0.15, 0.2) is 76.2 Å². The third-order valence-corrected chi connectivity index (χ3v) is 8.06. The van der Waals surface area contributed by atoms with Gasteiger partial charge in [0.15, 0.2) is 15.0 Å². The molecule has 2 aromatic heterocycles. The molecular weight excluding hydrogens is 444 g/mol. The molecule has 2 aromatic carbocycles. The topological polar surface area (TPSA) is 80.5 Å². The van der Waals surface area contributed by atoms with E-state index in [1.165, 1.54) is 11.3 Å². The lowest BCUT2D eigenvalue weighted by Gasteiger charge is -2.18. The van der Waals surface area contributed by atoms with Gasteiger partial charge in [0.25, 0.3) is 0 Å². The van der Waals surface area contributed by atoms with Crippen molar-refractivity contribution in [3.8, 4) is 0 Å². The molecule has 0 radical (unpaired) electrons. The van der Waals surface area contributed by atoms with Crippen molar-refractivity contribution in [2.24, 2.45) is 0 Å². The normalized spacial score (nSPS) is 11.7. The maximum atomic E-state index is 13.2. The van der Waals surface area contributed by atoms with Gasteiger partial charge in [-0.1, -0.05) is 48.6 Å². The predicted octanol–water partition coefficient (Wildman–Crippen LogP) is 5.24. The van der Waals surface area contributed by atoms with Gasteiger partial charge in [0.05, 0.1) is 33.7 Å². The Morgan fingerprint density at radius 3 is 2.59 bits per heavy atom. The van der Waals surface area contributed by atoms with E-state index in [2.05, 4.69) is 6.92 Å². The van der Waals surface area contributed by atoms with Gasteiger partial charge in [0, 0.05) is 6.42 Å². The fourth-order valence-corrected chi connectivity index (χ4v) is 5.87. The SMILES string of the molecule is CCc1cccc2sc(N(Cc3ccco3)C(=O)CCCS(=O)(=O)c3ccccc3)nc12. The number of para-hydroxylation sites is 1. The first-order valence-corrected chi connectivity index (χ1v) is 12.9. The highest BCUT2D eigenvalue weighted by Gasteiger charge is 2.23. The highest BCUT2D eigenvalue weighted by molar-refractivity contribution is 7.91. The molecule has 0 aliphatic carbocycles. The maximum absolute atomic E-state index is 13.2. The molecule has 0 saturated heterocycles. The Morgan fingerprint density at radius 2 is 1.88 bits per heavy atom. The van der Waals surface area contributed by atoms with Crippen LogP contribution in [0.2, 0.25) is 0 Å². The number of amides is 1. The molecule has 4 aromatic rings. The molecule has 0 fully saturated rings. The van der Waals surface area contributed by atoms with Gasteiger partial charge in [-0.05, 0) is 48.7 Å². The Balaban J connectivity index is 1.53. The Hall–Kier alpha value is -2.97. The fourth-order valence-electron chi connectivity index (χ4n) is 3.51. The van der Waals surface area contributed by atoms with E-state index in [0.29, 0.717) is 10.9 Å². The summed E-state index contributed by atoms with van der Waals surface area (Å²) in [5.74, 6) is 0.379. The maximum Gasteiger partial charge on any atom is 0.229 e. The van der Waals surface area contributed by atoms with E-state index in [-0.39, 0.29) is 35.9 Å². The molecule has 4 rings (SSSR count). The van der Waals surface area contributed by atoms with Crippen LogP contribution in [0.4, 0.5) is 5.13 Å². The lowest BCUT2D eigenvalue weighted by atomic mass is 10.1. The van der Waals surface area contributed by atoms with Crippen LogP contribution in [0, 0.1) is 0 Å². The summed E-state index contributed by atoms with van der Waals surface area (Å²) >= 11 is 1.46. The highest BCUT2D eigenvalue weighted by Crippen LogP contribution is 2.32. The summed E-state index contributed by atoms with van der Waals surface area (Å²) in [5, 5.41) is 0.591. The molecule has 2 heterocycles. The lowest BCUT2D eigenvalue weighted by Crippen LogP contribution is -2.30. The number of hydrogen-bond acceptors (Lipinski definition) is 6.